The standard InChI is InChI=1S/C40H32N4/c1-5-43-35-23-11-7-15-29(35)31-19-13-17-27(39(31)43)25(3)37-38(42-34-22-10-9-21-33(34)41-37)26(4)28-18-14-20-32-30-16-8-12-24-36(30)44(6-2)40(28)32/h7-24H,3-6H2,1-2H3. The van der Waals surface area contributed by atoms with Crippen molar-refractivity contribution in [1.82, 2.24) is 19.1 Å². The molecule has 212 valence electrons. The summed E-state index contributed by atoms with van der Waals surface area (Å²) < 4.78 is 4.77. The average Bonchev–Trinajstić information content (AvgIpc) is 3.59. The first-order valence-corrected chi connectivity index (χ1v) is 15.3. The predicted octanol–water partition coefficient (Wildman–Crippen LogP) is 10.0. The van der Waals surface area contributed by atoms with Gasteiger partial charge >= 0.3 is 0 Å². The molecular weight excluding hydrogens is 536 g/mol. The van der Waals surface area contributed by atoms with Crippen LogP contribution in [0.15, 0.2) is 122 Å². The summed E-state index contributed by atoms with van der Waals surface area (Å²) in [5.74, 6) is 0. The molecule has 0 N–H and O–H groups in total. The topological polar surface area (TPSA) is 35.6 Å². The first kappa shape index (κ1) is 26.2. The van der Waals surface area contributed by atoms with Gasteiger partial charge in [-0.15, -0.1) is 0 Å². The van der Waals surface area contributed by atoms with Crippen molar-refractivity contribution in [2.24, 2.45) is 0 Å². The maximum absolute atomic E-state index is 5.24. The molecule has 0 atom stereocenters. The third-order valence-electron chi connectivity index (χ3n) is 9.01. The zero-order chi connectivity index (χ0) is 29.9. The van der Waals surface area contributed by atoms with Gasteiger partial charge in [-0.2, -0.15) is 0 Å². The van der Waals surface area contributed by atoms with E-state index in [9.17, 15) is 0 Å². The normalized spacial score (nSPS) is 11.8. The number of fused-ring (bicyclic) bond motifs is 7. The quantitative estimate of drug-likeness (QED) is 0.200. The van der Waals surface area contributed by atoms with Crippen molar-refractivity contribution in [1.29, 1.82) is 0 Å². The van der Waals surface area contributed by atoms with Crippen molar-refractivity contribution in [3.8, 4) is 0 Å². The molecule has 8 aromatic rings. The van der Waals surface area contributed by atoms with E-state index in [-0.39, 0.29) is 0 Å². The number of aryl methyl sites for hydroxylation is 2. The minimum atomic E-state index is 0.755. The van der Waals surface area contributed by atoms with E-state index in [2.05, 4.69) is 108 Å². The van der Waals surface area contributed by atoms with E-state index in [0.29, 0.717) is 0 Å². The second-order valence-corrected chi connectivity index (χ2v) is 11.3. The fraction of sp³-hybridized carbons (Fsp3) is 0.100. The largest absolute Gasteiger partial charge is 0.340 e. The predicted molar refractivity (Wildman–Crippen MR) is 186 cm³/mol. The van der Waals surface area contributed by atoms with Gasteiger partial charge < -0.3 is 9.13 Å². The van der Waals surface area contributed by atoms with Crippen LogP contribution in [0, 0.1) is 0 Å². The monoisotopic (exact) mass is 568 g/mol. The van der Waals surface area contributed by atoms with E-state index < -0.39 is 0 Å². The fourth-order valence-corrected chi connectivity index (χ4v) is 7.04. The lowest BCUT2D eigenvalue weighted by Gasteiger charge is -2.17. The van der Waals surface area contributed by atoms with Crippen LogP contribution in [-0.4, -0.2) is 19.1 Å². The summed E-state index contributed by atoms with van der Waals surface area (Å²) >= 11 is 0. The van der Waals surface area contributed by atoms with E-state index in [4.69, 9.17) is 23.1 Å². The maximum Gasteiger partial charge on any atom is 0.0973 e. The number of aromatic nitrogens is 4. The SMILES string of the molecule is C=C(c1nc2ccccc2nc1C(=C)c1cccc2c3ccccc3n(CC)c12)c1cccc2c3ccccc3n(CC)c12. The second-order valence-electron chi connectivity index (χ2n) is 11.3. The molecule has 0 aliphatic carbocycles. The molecule has 0 unspecified atom stereocenters. The van der Waals surface area contributed by atoms with Crippen LogP contribution in [0.3, 0.4) is 0 Å². The lowest BCUT2D eigenvalue weighted by atomic mass is 9.94. The Balaban J connectivity index is 1.40. The number of hydrogen-bond acceptors (Lipinski definition) is 2. The van der Waals surface area contributed by atoms with Gasteiger partial charge in [-0.25, -0.2) is 9.97 Å². The van der Waals surface area contributed by atoms with Crippen LogP contribution in [0.5, 0.6) is 0 Å². The molecular formula is C40H32N4. The van der Waals surface area contributed by atoms with Crippen LogP contribution < -0.4 is 0 Å². The van der Waals surface area contributed by atoms with Crippen molar-refractivity contribution in [2.45, 2.75) is 26.9 Å². The molecule has 0 bridgehead atoms. The van der Waals surface area contributed by atoms with Gasteiger partial charge in [0.15, 0.2) is 0 Å². The third-order valence-corrected chi connectivity index (χ3v) is 9.01. The Labute approximate surface area is 256 Å². The van der Waals surface area contributed by atoms with Gasteiger partial charge in [-0.05, 0) is 38.1 Å². The lowest BCUT2D eigenvalue weighted by molar-refractivity contribution is 0.826. The Morgan fingerprint density at radius 3 is 1.32 bits per heavy atom. The first-order chi connectivity index (χ1) is 21.6. The van der Waals surface area contributed by atoms with Gasteiger partial charge in [-0.3, -0.25) is 0 Å². The number of nitrogens with zero attached hydrogens (tertiary/aromatic N) is 4. The Hall–Kier alpha value is -5.48. The molecule has 44 heavy (non-hydrogen) atoms. The highest BCUT2D eigenvalue weighted by Gasteiger charge is 2.23. The molecule has 0 aliphatic heterocycles. The highest BCUT2D eigenvalue weighted by Crippen LogP contribution is 2.40. The van der Waals surface area contributed by atoms with Gasteiger partial charge in [0.25, 0.3) is 0 Å². The van der Waals surface area contributed by atoms with Crippen LogP contribution in [0.1, 0.15) is 36.4 Å². The van der Waals surface area contributed by atoms with E-state index in [0.717, 1.165) is 57.8 Å². The maximum atomic E-state index is 5.24. The summed E-state index contributed by atoms with van der Waals surface area (Å²) in [6, 6.07) is 38.3. The molecule has 0 amide bonds. The van der Waals surface area contributed by atoms with Crippen molar-refractivity contribution in [2.75, 3.05) is 0 Å². The molecule has 8 rings (SSSR count). The molecule has 3 heterocycles. The highest BCUT2D eigenvalue weighted by molar-refractivity contribution is 6.14. The summed E-state index contributed by atoms with van der Waals surface area (Å²) in [7, 11) is 0. The van der Waals surface area contributed by atoms with E-state index in [1.807, 2.05) is 24.3 Å². The lowest BCUT2D eigenvalue weighted by Crippen LogP contribution is -2.05. The Kier molecular flexibility index (Phi) is 5.98. The zero-order valence-corrected chi connectivity index (χ0v) is 25.0. The van der Waals surface area contributed by atoms with Crippen LogP contribution >= 0.6 is 0 Å². The number of para-hydroxylation sites is 6. The van der Waals surface area contributed by atoms with Gasteiger partial charge in [0, 0.05) is 67.9 Å². The smallest absolute Gasteiger partial charge is 0.0973 e. The van der Waals surface area contributed by atoms with Crippen LogP contribution in [0.2, 0.25) is 0 Å². The summed E-state index contributed by atoms with van der Waals surface area (Å²) in [4.78, 5) is 10.5. The minimum absolute atomic E-state index is 0.755. The zero-order valence-electron chi connectivity index (χ0n) is 25.0. The van der Waals surface area contributed by atoms with E-state index in [1.54, 1.807) is 0 Å². The Morgan fingerprint density at radius 2 is 0.886 bits per heavy atom. The molecule has 0 fully saturated rings. The molecule has 0 saturated carbocycles. The first-order valence-electron chi connectivity index (χ1n) is 15.3. The average molecular weight is 569 g/mol. The molecule has 3 aromatic heterocycles. The summed E-state index contributed by atoms with van der Waals surface area (Å²) in [6.45, 7) is 15.5. The molecule has 4 heteroatoms. The van der Waals surface area contributed by atoms with Gasteiger partial charge in [0.2, 0.25) is 0 Å². The van der Waals surface area contributed by atoms with E-state index >= 15 is 0 Å². The second kappa shape index (κ2) is 10.1. The Morgan fingerprint density at radius 1 is 0.500 bits per heavy atom. The Bertz CT molecular complexity index is 2280. The number of rotatable bonds is 6. The molecule has 0 aliphatic rings. The molecule has 0 saturated heterocycles. The van der Waals surface area contributed by atoms with Crippen LogP contribution in [0.4, 0.5) is 0 Å². The highest BCUT2D eigenvalue weighted by atomic mass is 15.0. The van der Waals surface area contributed by atoms with Gasteiger partial charge in [0.05, 0.1) is 33.5 Å². The summed E-state index contributed by atoms with van der Waals surface area (Å²) in [6.07, 6.45) is 0. The molecule has 0 radical (unpaired) electrons. The van der Waals surface area contributed by atoms with Gasteiger partial charge in [-0.1, -0.05) is 98.1 Å². The number of benzene rings is 5. The third kappa shape index (κ3) is 3.70. The van der Waals surface area contributed by atoms with Crippen molar-refractivity contribution in [3.63, 3.8) is 0 Å². The van der Waals surface area contributed by atoms with E-state index in [1.165, 1.54) is 43.6 Å². The summed E-state index contributed by atoms with van der Waals surface area (Å²) in [5, 5.41) is 4.92. The van der Waals surface area contributed by atoms with Gasteiger partial charge in [0.1, 0.15) is 0 Å². The van der Waals surface area contributed by atoms with Crippen molar-refractivity contribution >= 4 is 65.8 Å². The van der Waals surface area contributed by atoms with Crippen LogP contribution in [0.25, 0.3) is 65.8 Å². The summed E-state index contributed by atoms with van der Waals surface area (Å²) in [5.41, 5.74) is 11.7. The van der Waals surface area contributed by atoms with Crippen molar-refractivity contribution in [3.05, 3.63) is 145 Å². The molecule has 4 nitrogen and oxygen atoms in total. The van der Waals surface area contributed by atoms with Crippen molar-refractivity contribution < 1.29 is 0 Å². The number of hydrogen-bond donors (Lipinski definition) is 0. The molecule has 5 aromatic carbocycles. The minimum Gasteiger partial charge on any atom is -0.340 e. The fourth-order valence-electron chi connectivity index (χ4n) is 7.04. The molecule has 0 spiro atoms. The van der Waals surface area contributed by atoms with Crippen LogP contribution in [-0.2, 0) is 13.1 Å².